The lowest BCUT2D eigenvalue weighted by molar-refractivity contribution is -0.121. The average Bonchev–Trinajstić information content (AvgIpc) is 3.16. The summed E-state index contributed by atoms with van der Waals surface area (Å²) in [5.74, 6) is 1.28. The summed E-state index contributed by atoms with van der Waals surface area (Å²) in [6, 6.07) is 7.51. The second-order valence-corrected chi connectivity index (χ2v) is 7.66. The lowest BCUT2D eigenvalue weighted by Gasteiger charge is -2.22. The van der Waals surface area contributed by atoms with Crippen LogP contribution in [0.2, 0.25) is 0 Å². The van der Waals surface area contributed by atoms with Gasteiger partial charge in [-0.1, -0.05) is 31.4 Å². The van der Waals surface area contributed by atoms with Gasteiger partial charge in [-0.2, -0.15) is 0 Å². The Morgan fingerprint density at radius 3 is 2.79 bits per heavy atom. The fraction of sp³-hybridized carbons (Fsp3) is 0.545. The van der Waals surface area contributed by atoms with E-state index in [2.05, 4.69) is 16.0 Å². The highest BCUT2D eigenvalue weighted by atomic mass is 16.5. The predicted molar refractivity (Wildman–Crippen MR) is 112 cm³/mol. The highest BCUT2D eigenvalue weighted by Gasteiger charge is 2.17. The molecular formula is C22H31N3O4. The van der Waals surface area contributed by atoms with E-state index in [0.29, 0.717) is 36.5 Å². The molecule has 2 aromatic rings. The van der Waals surface area contributed by atoms with Gasteiger partial charge in [-0.05, 0) is 38.3 Å². The lowest BCUT2D eigenvalue weighted by Crippen LogP contribution is -2.43. The van der Waals surface area contributed by atoms with Gasteiger partial charge in [-0.3, -0.25) is 4.79 Å². The summed E-state index contributed by atoms with van der Waals surface area (Å²) in [7, 11) is 1.60. The number of ether oxygens (including phenoxy) is 1. The Balaban J connectivity index is 1.38. The first kappa shape index (κ1) is 21.0. The number of carbonyl (C=O) groups is 2. The van der Waals surface area contributed by atoms with Crippen molar-refractivity contribution in [2.45, 2.75) is 64.0 Å². The van der Waals surface area contributed by atoms with Crippen LogP contribution in [0.15, 0.2) is 28.7 Å². The molecule has 1 aliphatic rings. The monoisotopic (exact) mass is 401 g/mol. The summed E-state index contributed by atoms with van der Waals surface area (Å²) in [5, 5.41) is 9.73. The van der Waals surface area contributed by atoms with Crippen molar-refractivity contribution < 1.29 is 18.7 Å². The molecule has 1 unspecified atom stereocenters. The first-order valence-electron chi connectivity index (χ1n) is 10.5. The van der Waals surface area contributed by atoms with Gasteiger partial charge < -0.3 is 25.1 Å². The maximum absolute atomic E-state index is 12.2. The van der Waals surface area contributed by atoms with E-state index in [1.54, 1.807) is 7.11 Å². The lowest BCUT2D eigenvalue weighted by atomic mass is 9.96. The molecular weight excluding hydrogens is 370 g/mol. The third kappa shape index (κ3) is 5.89. The SMILES string of the molecule is COc1cccc2cc(C(C)NC(=O)CCCNC(=O)NC3CCCCC3)oc12. The average molecular weight is 402 g/mol. The zero-order valence-corrected chi connectivity index (χ0v) is 17.3. The molecule has 7 nitrogen and oxygen atoms in total. The molecule has 1 saturated carbocycles. The van der Waals surface area contributed by atoms with Gasteiger partial charge in [0.05, 0.1) is 13.2 Å². The van der Waals surface area contributed by atoms with Crippen molar-refractivity contribution >= 4 is 22.9 Å². The summed E-state index contributed by atoms with van der Waals surface area (Å²) in [4.78, 5) is 24.1. The molecule has 1 atom stereocenters. The molecule has 3 N–H and O–H groups in total. The Labute approximate surface area is 171 Å². The summed E-state index contributed by atoms with van der Waals surface area (Å²) < 4.78 is 11.2. The van der Waals surface area contributed by atoms with E-state index in [1.165, 1.54) is 19.3 Å². The molecule has 0 spiro atoms. The highest BCUT2D eigenvalue weighted by molar-refractivity contribution is 5.84. The standard InChI is InChI=1S/C22H31N3O4/c1-15(19-14-16-8-6-11-18(28-2)21(16)29-19)24-20(26)12-7-13-23-22(27)25-17-9-4-3-5-10-17/h6,8,11,14-15,17H,3-5,7,9-10,12-13H2,1-2H3,(H,24,26)(H2,23,25,27). The molecule has 29 heavy (non-hydrogen) atoms. The van der Waals surface area contributed by atoms with Gasteiger partial charge in [0.2, 0.25) is 5.91 Å². The van der Waals surface area contributed by atoms with E-state index in [4.69, 9.17) is 9.15 Å². The van der Waals surface area contributed by atoms with Crippen molar-refractivity contribution in [2.24, 2.45) is 0 Å². The van der Waals surface area contributed by atoms with Crippen molar-refractivity contribution in [3.8, 4) is 5.75 Å². The first-order chi connectivity index (χ1) is 14.1. The van der Waals surface area contributed by atoms with Crippen molar-refractivity contribution in [3.63, 3.8) is 0 Å². The van der Waals surface area contributed by atoms with Crippen LogP contribution in [-0.2, 0) is 4.79 Å². The number of carbonyl (C=O) groups excluding carboxylic acids is 2. The number of benzene rings is 1. The van der Waals surface area contributed by atoms with Gasteiger partial charge in [0.15, 0.2) is 11.3 Å². The Morgan fingerprint density at radius 2 is 2.03 bits per heavy atom. The number of hydrogen-bond acceptors (Lipinski definition) is 4. The summed E-state index contributed by atoms with van der Waals surface area (Å²) in [6.07, 6.45) is 6.67. The van der Waals surface area contributed by atoms with Crippen LogP contribution in [-0.4, -0.2) is 31.6 Å². The molecule has 0 radical (unpaired) electrons. The summed E-state index contributed by atoms with van der Waals surface area (Å²) in [5.41, 5.74) is 0.680. The number of furan rings is 1. The van der Waals surface area contributed by atoms with Crippen molar-refractivity contribution in [2.75, 3.05) is 13.7 Å². The van der Waals surface area contributed by atoms with Crippen LogP contribution in [0.1, 0.15) is 63.7 Å². The summed E-state index contributed by atoms with van der Waals surface area (Å²) >= 11 is 0. The number of methoxy groups -OCH3 is 1. The minimum Gasteiger partial charge on any atom is -0.493 e. The fourth-order valence-electron chi connectivity index (χ4n) is 3.75. The molecule has 0 saturated heterocycles. The van der Waals surface area contributed by atoms with Gasteiger partial charge in [0.25, 0.3) is 0 Å². The van der Waals surface area contributed by atoms with Crippen LogP contribution in [0.5, 0.6) is 5.75 Å². The molecule has 1 fully saturated rings. The smallest absolute Gasteiger partial charge is 0.315 e. The van der Waals surface area contributed by atoms with Gasteiger partial charge in [0.1, 0.15) is 5.76 Å². The maximum Gasteiger partial charge on any atom is 0.315 e. The van der Waals surface area contributed by atoms with Crippen LogP contribution >= 0.6 is 0 Å². The zero-order chi connectivity index (χ0) is 20.6. The van der Waals surface area contributed by atoms with Crippen molar-refractivity contribution in [3.05, 3.63) is 30.0 Å². The van der Waals surface area contributed by atoms with Gasteiger partial charge in [-0.25, -0.2) is 4.79 Å². The fourth-order valence-corrected chi connectivity index (χ4v) is 3.75. The zero-order valence-electron chi connectivity index (χ0n) is 17.3. The molecule has 0 bridgehead atoms. The Hall–Kier alpha value is -2.70. The van der Waals surface area contributed by atoms with Crippen LogP contribution in [0.3, 0.4) is 0 Å². The maximum atomic E-state index is 12.2. The first-order valence-corrected chi connectivity index (χ1v) is 10.5. The number of urea groups is 1. The van der Waals surface area contributed by atoms with E-state index < -0.39 is 0 Å². The Kier molecular flexibility index (Phi) is 7.38. The minimum absolute atomic E-state index is 0.0700. The predicted octanol–water partition coefficient (Wildman–Crippen LogP) is 4.03. The molecule has 1 aliphatic carbocycles. The molecule has 1 aromatic heterocycles. The van der Waals surface area contributed by atoms with E-state index in [9.17, 15) is 9.59 Å². The van der Waals surface area contributed by atoms with Crippen LogP contribution < -0.4 is 20.7 Å². The highest BCUT2D eigenvalue weighted by Crippen LogP contribution is 2.30. The Morgan fingerprint density at radius 1 is 1.24 bits per heavy atom. The Bertz CT molecular complexity index is 827. The second kappa shape index (κ2) is 10.2. The summed E-state index contributed by atoms with van der Waals surface area (Å²) in [6.45, 7) is 2.36. The molecule has 0 aliphatic heterocycles. The number of amides is 3. The normalized spacial score (nSPS) is 15.7. The molecule has 7 heteroatoms. The van der Waals surface area contributed by atoms with Crippen LogP contribution in [0.25, 0.3) is 11.0 Å². The van der Waals surface area contributed by atoms with E-state index in [0.717, 1.165) is 18.2 Å². The second-order valence-electron chi connectivity index (χ2n) is 7.66. The largest absolute Gasteiger partial charge is 0.493 e. The van der Waals surface area contributed by atoms with Gasteiger partial charge in [0, 0.05) is 24.4 Å². The third-order valence-electron chi connectivity index (χ3n) is 5.36. The van der Waals surface area contributed by atoms with E-state index in [-0.39, 0.29) is 24.0 Å². The molecule has 1 aromatic carbocycles. The number of fused-ring (bicyclic) bond motifs is 1. The number of para-hydroxylation sites is 1. The van der Waals surface area contributed by atoms with Gasteiger partial charge in [-0.15, -0.1) is 0 Å². The van der Waals surface area contributed by atoms with Crippen molar-refractivity contribution in [1.82, 2.24) is 16.0 Å². The topological polar surface area (TPSA) is 92.6 Å². The van der Waals surface area contributed by atoms with Crippen LogP contribution in [0.4, 0.5) is 4.79 Å². The number of nitrogens with one attached hydrogen (secondary N) is 3. The molecule has 1 heterocycles. The molecule has 158 valence electrons. The number of hydrogen-bond donors (Lipinski definition) is 3. The number of rotatable bonds is 8. The molecule has 3 rings (SSSR count). The molecule has 3 amide bonds. The van der Waals surface area contributed by atoms with Gasteiger partial charge >= 0.3 is 6.03 Å². The van der Waals surface area contributed by atoms with Crippen LogP contribution in [0, 0.1) is 0 Å². The van der Waals surface area contributed by atoms with E-state index >= 15 is 0 Å². The minimum atomic E-state index is -0.248. The van der Waals surface area contributed by atoms with E-state index in [1.807, 2.05) is 31.2 Å². The quantitative estimate of drug-likeness (QED) is 0.582. The third-order valence-corrected chi connectivity index (χ3v) is 5.36. The van der Waals surface area contributed by atoms with Crippen molar-refractivity contribution in [1.29, 1.82) is 0 Å².